The molecule has 8 heteroatoms. The Morgan fingerprint density at radius 3 is 2.15 bits per heavy atom. The number of fused-ring (bicyclic) bond motifs is 1. The average Bonchev–Trinajstić information content (AvgIpc) is 2.96. The van der Waals surface area contributed by atoms with Gasteiger partial charge in [0.1, 0.15) is 0 Å². The van der Waals surface area contributed by atoms with Gasteiger partial charge in [-0.25, -0.2) is 8.42 Å². The number of nitrogens with zero attached hydrogens (tertiary/aromatic N) is 3. The molecule has 2 heterocycles. The molecule has 0 aliphatic carbocycles. The molecule has 0 radical (unpaired) electrons. The Labute approximate surface area is 229 Å². The number of aromatic nitrogens is 1. The molecule has 3 aromatic carbocycles. The molecule has 1 aliphatic rings. The van der Waals surface area contributed by atoms with Gasteiger partial charge in [-0.05, 0) is 48.7 Å². The summed E-state index contributed by atoms with van der Waals surface area (Å²) >= 11 is 0. The van der Waals surface area contributed by atoms with E-state index in [1.165, 1.54) is 5.56 Å². The number of carbonyl (C=O) groups is 2. The molecule has 2 amide bonds. The molecule has 0 bridgehead atoms. The van der Waals surface area contributed by atoms with E-state index in [1.54, 1.807) is 53.6 Å². The van der Waals surface area contributed by atoms with E-state index in [9.17, 15) is 18.0 Å². The number of hydrogen-bond acceptors (Lipinski definition) is 5. The van der Waals surface area contributed by atoms with Crippen LogP contribution in [0.2, 0.25) is 0 Å². The third-order valence-corrected chi connectivity index (χ3v) is 8.87. The first-order valence-corrected chi connectivity index (χ1v) is 14.7. The lowest BCUT2D eigenvalue weighted by Gasteiger charge is -2.35. The van der Waals surface area contributed by atoms with Gasteiger partial charge in [-0.3, -0.25) is 14.6 Å². The van der Waals surface area contributed by atoms with Gasteiger partial charge in [0.05, 0.1) is 16.2 Å². The number of piperazine rings is 1. The lowest BCUT2D eigenvalue weighted by atomic mass is 10.1. The van der Waals surface area contributed by atoms with Crippen LogP contribution in [0.4, 0.5) is 0 Å². The molecule has 1 aromatic heterocycles. The maximum atomic E-state index is 13.2. The Kier molecular flexibility index (Phi) is 7.74. The van der Waals surface area contributed by atoms with Gasteiger partial charge >= 0.3 is 0 Å². The van der Waals surface area contributed by atoms with Crippen LogP contribution >= 0.6 is 0 Å². The molecule has 39 heavy (non-hydrogen) atoms. The summed E-state index contributed by atoms with van der Waals surface area (Å²) in [6.07, 6.45) is 2.75. The first-order chi connectivity index (χ1) is 18.8. The zero-order valence-electron chi connectivity index (χ0n) is 21.9. The number of rotatable bonds is 7. The van der Waals surface area contributed by atoms with Gasteiger partial charge in [-0.15, -0.1) is 0 Å². The van der Waals surface area contributed by atoms with Crippen molar-refractivity contribution in [2.24, 2.45) is 0 Å². The summed E-state index contributed by atoms with van der Waals surface area (Å²) in [7, 11) is -3.63. The molecule has 0 saturated carbocycles. The normalized spacial score (nSPS) is 14.0. The maximum absolute atomic E-state index is 13.2. The second-order valence-corrected chi connectivity index (χ2v) is 11.9. The van der Waals surface area contributed by atoms with Crippen LogP contribution in [0.5, 0.6) is 0 Å². The van der Waals surface area contributed by atoms with E-state index in [1.807, 2.05) is 24.0 Å². The number of para-hydroxylation sites is 1. The zero-order valence-corrected chi connectivity index (χ0v) is 22.7. The van der Waals surface area contributed by atoms with Crippen molar-refractivity contribution >= 4 is 32.6 Å². The summed E-state index contributed by atoms with van der Waals surface area (Å²) < 4.78 is 26.3. The van der Waals surface area contributed by atoms with E-state index >= 15 is 0 Å². The van der Waals surface area contributed by atoms with Crippen LogP contribution in [0.25, 0.3) is 10.9 Å². The van der Waals surface area contributed by atoms with Gasteiger partial charge in [-0.1, -0.05) is 60.2 Å². The fourth-order valence-corrected chi connectivity index (χ4v) is 6.41. The molecule has 7 nitrogen and oxygen atoms in total. The molecule has 0 N–H and O–H groups in total. The zero-order chi connectivity index (χ0) is 27.4. The van der Waals surface area contributed by atoms with Crippen molar-refractivity contribution in [3.05, 3.63) is 107 Å². The Morgan fingerprint density at radius 1 is 0.795 bits per heavy atom. The SMILES string of the molecule is Cc1ccc(CCC(=O)N2CCN(C(=O)c3ccc(CS(=O)(=O)c4cccc5cccnc45)cc3)CC2)cc1. The average molecular weight is 542 g/mol. The van der Waals surface area contributed by atoms with Crippen molar-refractivity contribution in [2.45, 2.75) is 30.4 Å². The topological polar surface area (TPSA) is 87.7 Å². The van der Waals surface area contributed by atoms with Crippen molar-refractivity contribution in [3.8, 4) is 0 Å². The van der Waals surface area contributed by atoms with Crippen LogP contribution in [-0.2, 0) is 26.8 Å². The molecule has 200 valence electrons. The van der Waals surface area contributed by atoms with E-state index in [4.69, 9.17) is 0 Å². The lowest BCUT2D eigenvalue weighted by molar-refractivity contribution is -0.132. The van der Waals surface area contributed by atoms with E-state index in [-0.39, 0.29) is 22.5 Å². The first kappa shape index (κ1) is 26.6. The summed E-state index contributed by atoms with van der Waals surface area (Å²) in [6, 6.07) is 23.7. The fraction of sp³-hybridized carbons (Fsp3) is 0.258. The fourth-order valence-electron chi connectivity index (χ4n) is 4.87. The number of pyridine rings is 1. The minimum Gasteiger partial charge on any atom is -0.339 e. The third-order valence-electron chi connectivity index (χ3n) is 7.16. The van der Waals surface area contributed by atoms with Crippen molar-refractivity contribution in [3.63, 3.8) is 0 Å². The van der Waals surface area contributed by atoms with E-state index in [0.717, 1.165) is 10.9 Å². The van der Waals surface area contributed by atoms with Crippen LogP contribution < -0.4 is 0 Å². The highest BCUT2D eigenvalue weighted by Crippen LogP contribution is 2.24. The molecule has 1 fully saturated rings. The number of amides is 2. The van der Waals surface area contributed by atoms with Crippen LogP contribution in [0, 0.1) is 6.92 Å². The summed E-state index contributed by atoms with van der Waals surface area (Å²) in [5.74, 6) is -0.190. The maximum Gasteiger partial charge on any atom is 0.253 e. The lowest BCUT2D eigenvalue weighted by Crippen LogP contribution is -2.50. The predicted molar refractivity (Wildman–Crippen MR) is 151 cm³/mol. The Bertz CT molecular complexity index is 1590. The highest BCUT2D eigenvalue weighted by molar-refractivity contribution is 7.90. The number of aryl methyl sites for hydroxylation is 2. The second kappa shape index (κ2) is 11.4. The molecule has 4 aromatic rings. The van der Waals surface area contributed by atoms with E-state index < -0.39 is 9.84 Å². The molecule has 0 atom stereocenters. The number of carbonyl (C=O) groups excluding carboxylic acids is 2. The smallest absolute Gasteiger partial charge is 0.253 e. The minimum atomic E-state index is -3.63. The predicted octanol–water partition coefficient (Wildman–Crippen LogP) is 4.43. The number of hydrogen-bond donors (Lipinski definition) is 0. The molecular weight excluding hydrogens is 510 g/mol. The van der Waals surface area contributed by atoms with Gasteiger partial charge in [0.15, 0.2) is 9.84 Å². The summed E-state index contributed by atoms with van der Waals surface area (Å²) in [4.78, 5) is 33.8. The monoisotopic (exact) mass is 541 g/mol. The summed E-state index contributed by atoms with van der Waals surface area (Å²) in [5.41, 5.74) is 3.90. The molecule has 0 spiro atoms. The minimum absolute atomic E-state index is 0.106. The van der Waals surface area contributed by atoms with Crippen molar-refractivity contribution in [2.75, 3.05) is 26.2 Å². The van der Waals surface area contributed by atoms with Crippen LogP contribution in [-0.4, -0.2) is 61.2 Å². The standard InChI is InChI=1S/C31H31N3O4S/c1-23-7-9-24(10-8-23)13-16-29(35)33-18-20-34(21-19-33)31(36)27-14-11-25(12-15-27)22-39(37,38)28-6-2-4-26-5-3-17-32-30(26)28/h2-12,14-15,17H,13,16,18-22H2,1H3. The second-order valence-electron chi connectivity index (χ2n) is 9.95. The quantitative estimate of drug-likeness (QED) is 0.345. The van der Waals surface area contributed by atoms with Crippen molar-refractivity contribution in [1.82, 2.24) is 14.8 Å². The highest BCUT2D eigenvalue weighted by Gasteiger charge is 2.25. The van der Waals surface area contributed by atoms with Crippen LogP contribution in [0.3, 0.4) is 0 Å². The molecular formula is C31H31N3O4S. The third kappa shape index (κ3) is 6.17. The van der Waals surface area contributed by atoms with Gasteiger partial charge < -0.3 is 9.80 Å². The largest absolute Gasteiger partial charge is 0.339 e. The molecule has 1 aliphatic heterocycles. The Balaban J connectivity index is 1.16. The van der Waals surface area contributed by atoms with Gasteiger partial charge in [0.25, 0.3) is 5.91 Å². The van der Waals surface area contributed by atoms with Gasteiger partial charge in [0.2, 0.25) is 5.91 Å². The Hall–Kier alpha value is -4.04. The van der Waals surface area contributed by atoms with Crippen LogP contribution in [0.15, 0.2) is 90.0 Å². The number of sulfone groups is 1. The molecule has 1 saturated heterocycles. The van der Waals surface area contributed by atoms with E-state index in [2.05, 4.69) is 29.2 Å². The van der Waals surface area contributed by atoms with Crippen molar-refractivity contribution in [1.29, 1.82) is 0 Å². The van der Waals surface area contributed by atoms with Crippen LogP contribution in [0.1, 0.15) is 33.5 Å². The van der Waals surface area contributed by atoms with Gasteiger partial charge in [0, 0.05) is 49.7 Å². The summed E-state index contributed by atoms with van der Waals surface area (Å²) in [6.45, 7) is 4.00. The highest BCUT2D eigenvalue weighted by atomic mass is 32.2. The molecule has 0 unspecified atom stereocenters. The summed E-state index contributed by atoms with van der Waals surface area (Å²) in [5, 5.41) is 0.771. The Morgan fingerprint density at radius 2 is 1.44 bits per heavy atom. The first-order valence-electron chi connectivity index (χ1n) is 13.1. The van der Waals surface area contributed by atoms with Gasteiger partial charge in [-0.2, -0.15) is 0 Å². The van der Waals surface area contributed by atoms with E-state index in [0.29, 0.717) is 55.7 Å². The molecule has 5 rings (SSSR count). The van der Waals surface area contributed by atoms with Crippen molar-refractivity contribution < 1.29 is 18.0 Å². The number of benzene rings is 3.